The predicted octanol–water partition coefficient (Wildman–Crippen LogP) is 2.56. The minimum atomic E-state index is -0.115. The first-order valence-electron chi connectivity index (χ1n) is 9.13. The molecule has 1 fully saturated rings. The SMILES string of the molecule is O=C1CC(NC(=O)N2CCc3ccccc3C2)CN1Cc1ccccc1. The van der Waals surface area contributed by atoms with Crippen LogP contribution in [0.5, 0.6) is 0 Å². The van der Waals surface area contributed by atoms with Crippen LogP contribution >= 0.6 is 0 Å². The van der Waals surface area contributed by atoms with Gasteiger partial charge in [0.25, 0.3) is 0 Å². The molecule has 2 aliphatic heterocycles. The Hall–Kier alpha value is -2.82. The van der Waals surface area contributed by atoms with E-state index in [1.807, 2.05) is 52.3 Å². The van der Waals surface area contributed by atoms with E-state index in [-0.39, 0.29) is 18.0 Å². The molecule has 1 N–H and O–H groups in total. The van der Waals surface area contributed by atoms with Gasteiger partial charge in [-0.05, 0) is 23.1 Å². The second kappa shape index (κ2) is 7.20. The lowest BCUT2D eigenvalue weighted by molar-refractivity contribution is -0.128. The maximum Gasteiger partial charge on any atom is 0.318 e. The molecule has 1 saturated heterocycles. The molecule has 4 rings (SSSR count). The number of amides is 3. The molecule has 0 aliphatic carbocycles. The maximum atomic E-state index is 12.6. The number of likely N-dealkylation sites (tertiary alicyclic amines) is 1. The molecule has 0 bridgehead atoms. The van der Waals surface area contributed by atoms with Crippen molar-refractivity contribution in [3.63, 3.8) is 0 Å². The van der Waals surface area contributed by atoms with E-state index in [9.17, 15) is 9.59 Å². The van der Waals surface area contributed by atoms with Gasteiger partial charge in [0.15, 0.2) is 0 Å². The van der Waals surface area contributed by atoms with Crippen molar-refractivity contribution in [3.8, 4) is 0 Å². The van der Waals surface area contributed by atoms with Crippen LogP contribution in [0, 0.1) is 0 Å². The molecule has 5 heteroatoms. The summed E-state index contributed by atoms with van der Waals surface area (Å²) in [5.74, 6) is 0.100. The predicted molar refractivity (Wildman–Crippen MR) is 99.4 cm³/mol. The van der Waals surface area contributed by atoms with Gasteiger partial charge in [-0.3, -0.25) is 4.79 Å². The van der Waals surface area contributed by atoms with Crippen molar-refractivity contribution in [2.24, 2.45) is 0 Å². The van der Waals surface area contributed by atoms with Gasteiger partial charge in [0, 0.05) is 32.6 Å². The number of nitrogens with one attached hydrogen (secondary N) is 1. The number of carbonyl (C=O) groups is 2. The zero-order valence-corrected chi connectivity index (χ0v) is 14.7. The smallest absolute Gasteiger partial charge is 0.318 e. The summed E-state index contributed by atoms with van der Waals surface area (Å²) in [5, 5.41) is 3.05. The van der Waals surface area contributed by atoms with Gasteiger partial charge >= 0.3 is 6.03 Å². The van der Waals surface area contributed by atoms with Gasteiger partial charge in [0.2, 0.25) is 5.91 Å². The molecule has 0 spiro atoms. The minimum Gasteiger partial charge on any atom is -0.336 e. The molecule has 1 unspecified atom stereocenters. The number of hydrogen-bond donors (Lipinski definition) is 1. The molecule has 2 aliphatic rings. The van der Waals surface area contributed by atoms with Crippen LogP contribution in [0.4, 0.5) is 4.79 Å². The molecule has 1 atom stereocenters. The molecule has 0 aromatic heterocycles. The molecule has 3 amide bonds. The second-order valence-electron chi connectivity index (χ2n) is 7.05. The van der Waals surface area contributed by atoms with Gasteiger partial charge in [-0.25, -0.2) is 4.79 Å². The van der Waals surface area contributed by atoms with Gasteiger partial charge in [-0.15, -0.1) is 0 Å². The highest BCUT2D eigenvalue weighted by atomic mass is 16.2. The topological polar surface area (TPSA) is 52.7 Å². The number of fused-ring (bicyclic) bond motifs is 1. The first kappa shape index (κ1) is 16.6. The van der Waals surface area contributed by atoms with Crippen LogP contribution < -0.4 is 5.32 Å². The van der Waals surface area contributed by atoms with Crippen molar-refractivity contribution < 1.29 is 9.59 Å². The molecule has 2 aromatic rings. The number of rotatable bonds is 3. The fourth-order valence-electron chi connectivity index (χ4n) is 3.76. The molecular weight excluding hydrogens is 326 g/mol. The van der Waals surface area contributed by atoms with Crippen LogP contribution in [0.25, 0.3) is 0 Å². The van der Waals surface area contributed by atoms with E-state index in [0.29, 0.717) is 26.1 Å². The van der Waals surface area contributed by atoms with E-state index < -0.39 is 0 Å². The Morgan fingerprint density at radius 2 is 1.77 bits per heavy atom. The lowest BCUT2D eigenvalue weighted by Crippen LogP contribution is -2.47. The molecule has 134 valence electrons. The third kappa shape index (κ3) is 3.57. The second-order valence-corrected chi connectivity index (χ2v) is 7.05. The largest absolute Gasteiger partial charge is 0.336 e. The number of nitrogens with zero attached hydrogens (tertiary/aromatic N) is 2. The highest BCUT2D eigenvalue weighted by Crippen LogP contribution is 2.20. The molecule has 5 nitrogen and oxygen atoms in total. The molecule has 0 saturated carbocycles. The normalized spacial score (nSPS) is 19.4. The number of hydrogen-bond acceptors (Lipinski definition) is 2. The quantitative estimate of drug-likeness (QED) is 0.926. The van der Waals surface area contributed by atoms with E-state index in [0.717, 1.165) is 18.5 Å². The molecular formula is C21H23N3O2. The van der Waals surface area contributed by atoms with Gasteiger partial charge in [0.05, 0.1) is 6.04 Å². The van der Waals surface area contributed by atoms with E-state index >= 15 is 0 Å². The van der Waals surface area contributed by atoms with Crippen molar-refractivity contribution in [1.29, 1.82) is 0 Å². The molecule has 26 heavy (non-hydrogen) atoms. The average Bonchev–Trinajstić information content (AvgIpc) is 3.01. The lowest BCUT2D eigenvalue weighted by Gasteiger charge is -2.30. The molecule has 0 radical (unpaired) electrons. The van der Waals surface area contributed by atoms with Crippen LogP contribution in [-0.2, 0) is 24.3 Å². The van der Waals surface area contributed by atoms with Gasteiger partial charge in [-0.1, -0.05) is 54.6 Å². The summed E-state index contributed by atoms with van der Waals surface area (Å²) < 4.78 is 0. The van der Waals surface area contributed by atoms with Crippen molar-refractivity contribution in [1.82, 2.24) is 15.1 Å². The van der Waals surface area contributed by atoms with E-state index in [2.05, 4.69) is 17.4 Å². The fourth-order valence-corrected chi connectivity index (χ4v) is 3.76. The van der Waals surface area contributed by atoms with Gasteiger partial charge < -0.3 is 15.1 Å². The van der Waals surface area contributed by atoms with Crippen molar-refractivity contribution in [2.45, 2.75) is 32.0 Å². The van der Waals surface area contributed by atoms with Gasteiger partial charge in [-0.2, -0.15) is 0 Å². The Kier molecular flexibility index (Phi) is 4.61. The summed E-state index contributed by atoms with van der Waals surface area (Å²) in [6.07, 6.45) is 1.26. The van der Waals surface area contributed by atoms with Crippen LogP contribution in [-0.4, -0.2) is 40.9 Å². The van der Waals surface area contributed by atoms with Crippen LogP contribution in [0.1, 0.15) is 23.1 Å². The fraction of sp³-hybridized carbons (Fsp3) is 0.333. The Morgan fingerprint density at radius 1 is 1.04 bits per heavy atom. The Labute approximate surface area is 153 Å². The maximum absolute atomic E-state index is 12.6. The first-order chi connectivity index (χ1) is 12.7. The molecule has 2 heterocycles. The van der Waals surface area contributed by atoms with Crippen LogP contribution in [0.15, 0.2) is 54.6 Å². The highest BCUT2D eigenvalue weighted by Gasteiger charge is 2.32. The summed E-state index contributed by atoms with van der Waals surface area (Å²) >= 11 is 0. The summed E-state index contributed by atoms with van der Waals surface area (Å²) in [6.45, 7) is 2.53. The standard InChI is InChI=1S/C21H23N3O2/c25-20-12-19(15-24(20)13-16-6-2-1-3-7-16)22-21(26)23-11-10-17-8-4-5-9-18(17)14-23/h1-9,19H,10-15H2,(H,22,26). The molecule has 2 aromatic carbocycles. The van der Waals surface area contributed by atoms with Crippen molar-refractivity contribution in [2.75, 3.05) is 13.1 Å². The minimum absolute atomic E-state index is 0.0705. The number of urea groups is 1. The summed E-state index contributed by atoms with van der Waals surface area (Å²) in [5.41, 5.74) is 3.64. The monoisotopic (exact) mass is 349 g/mol. The van der Waals surface area contributed by atoms with Crippen LogP contribution in [0.2, 0.25) is 0 Å². The van der Waals surface area contributed by atoms with Crippen molar-refractivity contribution >= 4 is 11.9 Å². The summed E-state index contributed by atoms with van der Waals surface area (Å²) in [6, 6.07) is 18.0. The Morgan fingerprint density at radius 3 is 2.58 bits per heavy atom. The first-order valence-corrected chi connectivity index (χ1v) is 9.13. The third-order valence-corrected chi connectivity index (χ3v) is 5.18. The Bertz CT molecular complexity index is 806. The van der Waals surface area contributed by atoms with E-state index in [1.165, 1.54) is 11.1 Å². The van der Waals surface area contributed by atoms with Crippen LogP contribution in [0.3, 0.4) is 0 Å². The number of carbonyl (C=O) groups excluding carboxylic acids is 2. The summed E-state index contributed by atoms with van der Waals surface area (Å²) in [7, 11) is 0. The zero-order chi connectivity index (χ0) is 17.9. The number of benzene rings is 2. The summed E-state index contributed by atoms with van der Waals surface area (Å²) in [4.78, 5) is 28.6. The lowest BCUT2D eigenvalue weighted by atomic mass is 10.0. The van der Waals surface area contributed by atoms with E-state index in [4.69, 9.17) is 0 Å². The van der Waals surface area contributed by atoms with E-state index in [1.54, 1.807) is 0 Å². The average molecular weight is 349 g/mol. The van der Waals surface area contributed by atoms with Crippen molar-refractivity contribution in [3.05, 3.63) is 71.3 Å². The Balaban J connectivity index is 1.33. The third-order valence-electron chi connectivity index (χ3n) is 5.18. The zero-order valence-electron chi connectivity index (χ0n) is 14.7. The van der Waals surface area contributed by atoms with Gasteiger partial charge in [0.1, 0.15) is 0 Å². The highest BCUT2D eigenvalue weighted by molar-refractivity contribution is 5.81.